The lowest BCUT2D eigenvalue weighted by molar-refractivity contribution is 0.0802. The third-order valence-electron chi connectivity index (χ3n) is 3.03. The van der Waals surface area contributed by atoms with E-state index in [-0.39, 0.29) is 11.2 Å². The maximum atomic E-state index is 12.1. The van der Waals surface area contributed by atoms with Gasteiger partial charge in [0.25, 0.3) is 0 Å². The van der Waals surface area contributed by atoms with Crippen LogP contribution in [-0.4, -0.2) is 10.8 Å². The number of Topliss-reactive ketones (excluding diaryl/α,β-unsaturated/α-hetero) is 1. The van der Waals surface area contributed by atoms with E-state index in [1.54, 1.807) is 18.5 Å². The summed E-state index contributed by atoms with van der Waals surface area (Å²) in [5.41, 5.74) is 0.488. The van der Waals surface area contributed by atoms with Crippen molar-refractivity contribution in [1.29, 1.82) is 0 Å². The number of rotatable bonds is 4. The molecule has 0 aliphatic rings. The van der Waals surface area contributed by atoms with Gasteiger partial charge < -0.3 is 0 Å². The van der Waals surface area contributed by atoms with Gasteiger partial charge in [0.05, 0.1) is 0 Å². The Kier molecular flexibility index (Phi) is 3.39. The van der Waals surface area contributed by atoms with Crippen molar-refractivity contribution in [2.24, 2.45) is 5.41 Å². The highest BCUT2D eigenvalue weighted by atomic mass is 16.1. The van der Waals surface area contributed by atoms with Crippen LogP contribution in [0.15, 0.2) is 24.5 Å². The van der Waals surface area contributed by atoms with Crippen LogP contribution in [-0.2, 0) is 0 Å². The number of ketones is 1. The maximum Gasteiger partial charge on any atom is 0.170 e. The monoisotopic (exact) mass is 191 g/mol. The molecule has 14 heavy (non-hydrogen) atoms. The number of carbonyl (C=O) groups excluding carboxylic acids is 1. The second-order valence-electron chi connectivity index (χ2n) is 3.84. The molecular formula is C12H17NO. The van der Waals surface area contributed by atoms with Crippen molar-refractivity contribution in [3.8, 4) is 0 Å². The van der Waals surface area contributed by atoms with Crippen LogP contribution in [0, 0.1) is 5.41 Å². The quantitative estimate of drug-likeness (QED) is 0.684. The molecule has 1 aromatic rings. The second kappa shape index (κ2) is 4.36. The number of pyridine rings is 1. The van der Waals surface area contributed by atoms with Gasteiger partial charge in [-0.25, -0.2) is 0 Å². The summed E-state index contributed by atoms with van der Waals surface area (Å²) in [5.74, 6) is 0.204. The third-order valence-corrected chi connectivity index (χ3v) is 3.03. The lowest BCUT2D eigenvalue weighted by Gasteiger charge is -2.24. The Morgan fingerprint density at radius 2 is 2.07 bits per heavy atom. The summed E-state index contributed by atoms with van der Waals surface area (Å²) in [6, 6.07) is 3.64. The molecule has 0 fully saturated rings. The molecule has 0 aromatic carbocycles. The Hall–Kier alpha value is -1.18. The van der Waals surface area contributed by atoms with E-state index in [9.17, 15) is 4.79 Å². The van der Waals surface area contributed by atoms with Crippen LogP contribution in [0.5, 0.6) is 0 Å². The van der Waals surface area contributed by atoms with E-state index in [1.807, 2.05) is 13.0 Å². The molecule has 0 radical (unpaired) electrons. The average molecular weight is 191 g/mol. The van der Waals surface area contributed by atoms with Crippen LogP contribution in [0.3, 0.4) is 0 Å². The molecule has 0 saturated carbocycles. The molecule has 0 amide bonds. The van der Waals surface area contributed by atoms with Crippen molar-refractivity contribution in [2.45, 2.75) is 33.6 Å². The molecule has 0 unspecified atom stereocenters. The molecule has 0 N–H and O–H groups in total. The first-order valence-corrected chi connectivity index (χ1v) is 5.09. The van der Waals surface area contributed by atoms with Gasteiger partial charge in [0.1, 0.15) is 0 Å². The molecule has 76 valence electrons. The third kappa shape index (κ3) is 2.00. The fourth-order valence-corrected chi connectivity index (χ4v) is 1.42. The molecule has 2 heteroatoms. The van der Waals surface area contributed by atoms with Gasteiger partial charge in [0, 0.05) is 23.4 Å². The van der Waals surface area contributed by atoms with Crippen molar-refractivity contribution in [2.75, 3.05) is 0 Å². The Morgan fingerprint density at radius 1 is 1.43 bits per heavy atom. The zero-order chi connectivity index (χ0) is 10.6. The van der Waals surface area contributed by atoms with Crippen molar-refractivity contribution < 1.29 is 4.79 Å². The highest BCUT2D eigenvalue weighted by Crippen LogP contribution is 2.29. The van der Waals surface area contributed by atoms with Crippen molar-refractivity contribution in [3.05, 3.63) is 30.1 Å². The van der Waals surface area contributed by atoms with Crippen LogP contribution in [0.1, 0.15) is 44.0 Å². The van der Waals surface area contributed by atoms with Crippen molar-refractivity contribution >= 4 is 5.78 Å². The van der Waals surface area contributed by atoms with E-state index < -0.39 is 0 Å². The van der Waals surface area contributed by atoms with E-state index in [0.29, 0.717) is 0 Å². The van der Waals surface area contributed by atoms with Crippen LogP contribution >= 0.6 is 0 Å². The second-order valence-corrected chi connectivity index (χ2v) is 3.84. The summed E-state index contributed by atoms with van der Waals surface area (Å²) in [6.07, 6.45) is 5.08. The van der Waals surface area contributed by atoms with E-state index in [0.717, 1.165) is 18.4 Å². The van der Waals surface area contributed by atoms with Crippen LogP contribution in [0.4, 0.5) is 0 Å². The molecular weight excluding hydrogens is 174 g/mol. The Bertz CT molecular complexity index is 301. The Labute approximate surface area is 85.4 Å². The summed E-state index contributed by atoms with van der Waals surface area (Å²) < 4.78 is 0. The lowest BCUT2D eigenvalue weighted by atomic mass is 9.78. The zero-order valence-electron chi connectivity index (χ0n) is 9.08. The number of nitrogens with zero attached hydrogens (tertiary/aromatic N) is 1. The molecule has 1 rings (SSSR count). The number of aromatic nitrogens is 1. The molecule has 1 aromatic heterocycles. The SMILES string of the molecule is CCC(C)(CC)C(=O)c1cccnc1. The number of hydrogen-bond donors (Lipinski definition) is 0. The van der Waals surface area contributed by atoms with Gasteiger partial charge in [-0.3, -0.25) is 9.78 Å². The molecule has 0 atom stereocenters. The number of hydrogen-bond acceptors (Lipinski definition) is 2. The van der Waals surface area contributed by atoms with E-state index >= 15 is 0 Å². The topological polar surface area (TPSA) is 30.0 Å². The highest BCUT2D eigenvalue weighted by Gasteiger charge is 2.29. The summed E-state index contributed by atoms with van der Waals surface area (Å²) in [6.45, 7) is 6.12. The lowest BCUT2D eigenvalue weighted by Crippen LogP contribution is -2.26. The van der Waals surface area contributed by atoms with Gasteiger partial charge in [-0.15, -0.1) is 0 Å². The minimum absolute atomic E-state index is 0.204. The normalized spacial score (nSPS) is 11.4. The standard InChI is InChI=1S/C12H17NO/c1-4-12(3,5-2)11(14)10-7-6-8-13-9-10/h6-9H,4-5H2,1-3H3. The molecule has 0 saturated heterocycles. The van der Waals surface area contributed by atoms with Gasteiger partial charge in [0.15, 0.2) is 5.78 Å². The van der Waals surface area contributed by atoms with Crippen LogP contribution < -0.4 is 0 Å². The first-order valence-electron chi connectivity index (χ1n) is 5.09. The van der Waals surface area contributed by atoms with Gasteiger partial charge in [-0.05, 0) is 25.0 Å². The van der Waals surface area contributed by atoms with E-state index in [2.05, 4.69) is 18.8 Å². The minimum atomic E-state index is -0.233. The van der Waals surface area contributed by atoms with Crippen molar-refractivity contribution in [1.82, 2.24) is 4.98 Å². The number of carbonyl (C=O) groups is 1. The molecule has 0 aliphatic heterocycles. The summed E-state index contributed by atoms with van der Waals surface area (Å²) in [7, 11) is 0. The van der Waals surface area contributed by atoms with E-state index in [1.165, 1.54) is 0 Å². The van der Waals surface area contributed by atoms with Crippen LogP contribution in [0.25, 0.3) is 0 Å². The van der Waals surface area contributed by atoms with Crippen molar-refractivity contribution in [3.63, 3.8) is 0 Å². The molecule has 0 spiro atoms. The van der Waals surface area contributed by atoms with Gasteiger partial charge in [-0.2, -0.15) is 0 Å². The summed E-state index contributed by atoms with van der Waals surface area (Å²) in [4.78, 5) is 16.1. The fraction of sp³-hybridized carbons (Fsp3) is 0.500. The van der Waals surface area contributed by atoms with Crippen LogP contribution in [0.2, 0.25) is 0 Å². The minimum Gasteiger partial charge on any atom is -0.294 e. The van der Waals surface area contributed by atoms with Gasteiger partial charge in [-0.1, -0.05) is 20.8 Å². The molecule has 2 nitrogen and oxygen atoms in total. The van der Waals surface area contributed by atoms with Gasteiger partial charge >= 0.3 is 0 Å². The molecule has 1 heterocycles. The van der Waals surface area contributed by atoms with E-state index in [4.69, 9.17) is 0 Å². The first kappa shape index (κ1) is 10.9. The average Bonchev–Trinajstić information content (AvgIpc) is 2.28. The first-order chi connectivity index (χ1) is 6.64. The molecule has 0 aliphatic carbocycles. The van der Waals surface area contributed by atoms with Gasteiger partial charge in [0.2, 0.25) is 0 Å². The predicted octanol–water partition coefficient (Wildman–Crippen LogP) is 3.09. The fourth-order valence-electron chi connectivity index (χ4n) is 1.42. The summed E-state index contributed by atoms with van der Waals surface area (Å²) >= 11 is 0. The predicted molar refractivity (Wildman–Crippen MR) is 57.3 cm³/mol. The Morgan fingerprint density at radius 3 is 2.50 bits per heavy atom. The maximum absolute atomic E-state index is 12.1. The Balaban J connectivity index is 2.95. The highest BCUT2D eigenvalue weighted by molar-refractivity contribution is 5.99. The molecule has 0 bridgehead atoms. The largest absolute Gasteiger partial charge is 0.294 e. The smallest absolute Gasteiger partial charge is 0.170 e. The summed E-state index contributed by atoms with van der Waals surface area (Å²) in [5, 5.41) is 0. The zero-order valence-corrected chi connectivity index (χ0v) is 9.08.